The highest BCUT2D eigenvalue weighted by atomic mass is 19.1. The van der Waals surface area contributed by atoms with Crippen molar-refractivity contribution in [3.8, 4) is 16.9 Å². The molecule has 0 aliphatic rings. The highest BCUT2D eigenvalue weighted by Crippen LogP contribution is 2.34. The number of aromatic nitrogens is 2. The van der Waals surface area contributed by atoms with Crippen LogP contribution in [0.2, 0.25) is 0 Å². The zero-order valence-electron chi connectivity index (χ0n) is 10.7. The van der Waals surface area contributed by atoms with Gasteiger partial charge in [-0.1, -0.05) is 0 Å². The van der Waals surface area contributed by atoms with Crippen LogP contribution in [0.3, 0.4) is 0 Å². The number of rotatable bonds is 3. The Morgan fingerprint density at radius 2 is 2.17 bits per heavy atom. The molecule has 1 heterocycles. The summed E-state index contributed by atoms with van der Waals surface area (Å²) in [6.45, 7) is 2.22. The molecule has 0 amide bonds. The van der Waals surface area contributed by atoms with E-state index in [9.17, 15) is 4.39 Å². The van der Waals surface area contributed by atoms with E-state index in [-0.39, 0.29) is 5.82 Å². The van der Waals surface area contributed by atoms with E-state index in [2.05, 4.69) is 5.10 Å². The van der Waals surface area contributed by atoms with Gasteiger partial charge >= 0.3 is 0 Å². The lowest BCUT2D eigenvalue weighted by atomic mass is 10.0. The lowest BCUT2D eigenvalue weighted by molar-refractivity contribution is 0.415. The first kappa shape index (κ1) is 12.6. The molecule has 0 unspecified atom stereocenters. The van der Waals surface area contributed by atoms with Crippen LogP contribution in [0.1, 0.15) is 11.4 Å². The van der Waals surface area contributed by atoms with E-state index in [0.29, 0.717) is 17.9 Å². The smallest absolute Gasteiger partial charge is 0.127 e. The Bertz CT molecular complexity index is 578. The third-order valence-electron chi connectivity index (χ3n) is 3.03. The molecule has 0 aliphatic carbocycles. The van der Waals surface area contributed by atoms with Crippen LogP contribution in [-0.4, -0.2) is 16.9 Å². The summed E-state index contributed by atoms with van der Waals surface area (Å²) in [7, 11) is 3.40. The van der Waals surface area contributed by atoms with Gasteiger partial charge in [-0.25, -0.2) is 4.39 Å². The summed E-state index contributed by atoms with van der Waals surface area (Å²) >= 11 is 0. The number of nitrogens with two attached hydrogens (primary N) is 1. The van der Waals surface area contributed by atoms with E-state index in [1.807, 2.05) is 14.0 Å². The monoisotopic (exact) mass is 249 g/mol. The van der Waals surface area contributed by atoms with Crippen LogP contribution in [0.5, 0.6) is 5.75 Å². The minimum atomic E-state index is -0.308. The molecule has 0 aliphatic heterocycles. The van der Waals surface area contributed by atoms with E-state index >= 15 is 0 Å². The van der Waals surface area contributed by atoms with E-state index in [4.69, 9.17) is 10.5 Å². The van der Waals surface area contributed by atoms with Crippen molar-refractivity contribution in [1.82, 2.24) is 9.78 Å². The maximum atomic E-state index is 13.4. The minimum absolute atomic E-state index is 0.302. The molecule has 1 aromatic heterocycles. The Balaban J connectivity index is 2.71. The van der Waals surface area contributed by atoms with Crippen molar-refractivity contribution < 1.29 is 9.13 Å². The molecule has 2 N–H and O–H groups in total. The Morgan fingerprint density at radius 3 is 2.78 bits per heavy atom. The predicted molar refractivity (Wildman–Crippen MR) is 67.8 cm³/mol. The summed E-state index contributed by atoms with van der Waals surface area (Å²) in [6, 6.07) is 4.43. The van der Waals surface area contributed by atoms with E-state index in [0.717, 1.165) is 17.0 Å². The third-order valence-corrected chi connectivity index (χ3v) is 3.03. The Labute approximate surface area is 105 Å². The van der Waals surface area contributed by atoms with Crippen molar-refractivity contribution in [2.45, 2.75) is 13.5 Å². The molecule has 2 rings (SSSR count). The van der Waals surface area contributed by atoms with Crippen LogP contribution in [0.4, 0.5) is 4.39 Å². The van der Waals surface area contributed by atoms with Gasteiger partial charge < -0.3 is 10.5 Å². The summed E-state index contributed by atoms with van der Waals surface area (Å²) in [5, 5.41) is 4.32. The number of ether oxygens (including phenoxy) is 1. The zero-order chi connectivity index (χ0) is 13.3. The van der Waals surface area contributed by atoms with Gasteiger partial charge in [0.05, 0.1) is 12.8 Å². The second kappa shape index (κ2) is 4.78. The normalized spacial score (nSPS) is 10.7. The summed E-state index contributed by atoms with van der Waals surface area (Å²) in [5.41, 5.74) is 8.88. The second-order valence-electron chi connectivity index (χ2n) is 4.08. The molecular weight excluding hydrogens is 233 g/mol. The molecule has 0 spiro atoms. The van der Waals surface area contributed by atoms with Crippen molar-refractivity contribution in [2.24, 2.45) is 12.8 Å². The van der Waals surface area contributed by atoms with E-state index in [1.165, 1.54) is 12.1 Å². The predicted octanol–water partition coefficient (Wildman–Crippen LogP) is 2.00. The molecule has 0 saturated carbocycles. The minimum Gasteiger partial charge on any atom is -0.496 e. The van der Waals surface area contributed by atoms with Gasteiger partial charge in [0, 0.05) is 30.4 Å². The van der Waals surface area contributed by atoms with Crippen LogP contribution in [0.25, 0.3) is 11.1 Å². The number of methoxy groups -OCH3 is 1. The van der Waals surface area contributed by atoms with Crippen molar-refractivity contribution in [3.05, 3.63) is 35.4 Å². The molecule has 0 saturated heterocycles. The van der Waals surface area contributed by atoms with Gasteiger partial charge in [0.15, 0.2) is 0 Å². The van der Waals surface area contributed by atoms with Crippen molar-refractivity contribution >= 4 is 0 Å². The summed E-state index contributed by atoms with van der Waals surface area (Å²) < 4.78 is 20.4. The molecule has 0 atom stereocenters. The molecule has 4 nitrogen and oxygen atoms in total. The average molecular weight is 249 g/mol. The maximum Gasteiger partial charge on any atom is 0.127 e. The van der Waals surface area contributed by atoms with Crippen LogP contribution in [-0.2, 0) is 13.6 Å². The SMILES string of the molecule is COc1ccc(F)cc1-c1c(CN)nn(C)c1C. The first-order valence-corrected chi connectivity index (χ1v) is 5.65. The van der Waals surface area contributed by atoms with Crippen molar-refractivity contribution in [3.63, 3.8) is 0 Å². The van der Waals surface area contributed by atoms with Gasteiger partial charge in [-0.15, -0.1) is 0 Å². The number of nitrogens with zero attached hydrogens (tertiary/aromatic N) is 2. The topological polar surface area (TPSA) is 53.1 Å². The quantitative estimate of drug-likeness (QED) is 0.905. The number of hydrogen-bond acceptors (Lipinski definition) is 3. The van der Waals surface area contributed by atoms with Crippen LogP contribution in [0.15, 0.2) is 18.2 Å². The van der Waals surface area contributed by atoms with Crippen LogP contribution in [0, 0.1) is 12.7 Å². The largest absolute Gasteiger partial charge is 0.496 e. The third kappa shape index (κ3) is 1.97. The fourth-order valence-corrected chi connectivity index (χ4v) is 2.05. The Morgan fingerprint density at radius 1 is 1.44 bits per heavy atom. The van der Waals surface area contributed by atoms with Crippen molar-refractivity contribution in [1.29, 1.82) is 0 Å². The lowest BCUT2D eigenvalue weighted by Gasteiger charge is -2.09. The highest BCUT2D eigenvalue weighted by Gasteiger charge is 2.17. The van der Waals surface area contributed by atoms with E-state index in [1.54, 1.807) is 17.9 Å². The van der Waals surface area contributed by atoms with Crippen LogP contribution >= 0.6 is 0 Å². The van der Waals surface area contributed by atoms with Crippen molar-refractivity contribution in [2.75, 3.05) is 7.11 Å². The molecule has 2 aromatic rings. The van der Waals surface area contributed by atoms with Gasteiger partial charge in [0.25, 0.3) is 0 Å². The average Bonchev–Trinajstić information content (AvgIpc) is 2.65. The van der Waals surface area contributed by atoms with Gasteiger partial charge in [0.1, 0.15) is 11.6 Å². The van der Waals surface area contributed by atoms with Gasteiger partial charge in [-0.3, -0.25) is 4.68 Å². The summed E-state index contributed by atoms with van der Waals surface area (Å²) in [6.07, 6.45) is 0. The zero-order valence-corrected chi connectivity index (χ0v) is 10.7. The lowest BCUT2D eigenvalue weighted by Crippen LogP contribution is -2.00. The molecule has 0 fully saturated rings. The standard InChI is InChI=1S/C13H16FN3O/c1-8-13(11(7-15)16-17(8)2)10-6-9(14)4-5-12(10)18-3/h4-6H,7,15H2,1-3H3. The molecule has 18 heavy (non-hydrogen) atoms. The molecular formula is C13H16FN3O. The Kier molecular flexibility index (Phi) is 3.34. The first-order valence-electron chi connectivity index (χ1n) is 5.65. The fourth-order valence-electron chi connectivity index (χ4n) is 2.05. The molecule has 5 heteroatoms. The second-order valence-corrected chi connectivity index (χ2v) is 4.08. The van der Waals surface area contributed by atoms with Gasteiger partial charge in [0.2, 0.25) is 0 Å². The summed E-state index contributed by atoms with van der Waals surface area (Å²) in [5.74, 6) is 0.305. The number of halogens is 1. The highest BCUT2D eigenvalue weighted by molar-refractivity contribution is 5.74. The Hall–Kier alpha value is -1.88. The molecule has 96 valence electrons. The van der Waals surface area contributed by atoms with E-state index < -0.39 is 0 Å². The summed E-state index contributed by atoms with van der Waals surface area (Å²) in [4.78, 5) is 0. The van der Waals surface area contributed by atoms with Gasteiger partial charge in [-0.2, -0.15) is 5.10 Å². The molecule has 0 radical (unpaired) electrons. The van der Waals surface area contributed by atoms with Gasteiger partial charge in [-0.05, 0) is 25.1 Å². The molecule has 0 bridgehead atoms. The molecule has 1 aromatic carbocycles. The number of benzene rings is 1. The first-order chi connectivity index (χ1) is 8.58. The van der Waals surface area contributed by atoms with Crippen LogP contribution < -0.4 is 10.5 Å². The maximum absolute atomic E-state index is 13.4. The fraction of sp³-hybridized carbons (Fsp3) is 0.308. The number of aryl methyl sites for hydroxylation is 1. The number of hydrogen-bond donors (Lipinski definition) is 1.